The van der Waals surface area contributed by atoms with Crippen molar-refractivity contribution >= 4 is 35.0 Å². The molecule has 2 atom stereocenters. The number of amides is 2. The highest BCUT2D eigenvalue weighted by atomic mass is 35.5. The number of primary amides is 1. The third-order valence-corrected chi connectivity index (χ3v) is 6.96. The fourth-order valence-corrected chi connectivity index (χ4v) is 5.27. The van der Waals surface area contributed by atoms with E-state index in [9.17, 15) is 19.2 Å². The van der Waals surface area contributed by atoms with Crippen LogP contribution in [0.1, 0.15) is 66.2 Å². The summed E-state index contributed by atoms with van der Waals surface area (Å²) in [5.41, 5.74) is 5.14. The number of urea groups is 1. The number of nitrogens with one attached hydrogen (secondary N) is 1. The summed E-state index contributed by atoms with van der Waals surface area (Å²) in [7, 11) is 0. The van der Waals surface area contributed by atoms with Crippen LogP contribution < -0.4 is 11.1 Å². The van der Waals surface area contributed by atoms with E-state index < -0.39 is 24.2 Å². The van der Waals surface area contributed by atoms with Gasteiger partial charge in [0, 0.05) is 29.0 Å². The number of ether oxygens (including phenoxy) is 2. The highest BCUT2D eigenvalue weighted by molar-refractivity contribution is 6.27. The molecule has 0 bridgehead atoms. The fourth-order valence-electron chi connectivity index (χ4n) is 4.96. The van der Waals surface area contributed by atoms with Crippen LogP contribution in [0.3, 0.4) is 0 Å². The molecule has 1 saturated carbocycles. The maximum Gasteiger partial charge on any atom is 0.314 e. The van der Waals surface area contributed by atoms with Crippen molar-refractivity contribution in [3.05, 3.63) is 46.5 Å². The molecule has 4 rings (SSSR count). The van der Waals surface area contributed by atoms with Crippen LogP contribution in [-0.4, -0.2) is 47.4 Å². The number of ketones is 3. The van der Waals surface area contributed by atoms with Crippen molar-refractivity contribution in [3.8, 4) is 0 Å². The summed E-state index contributed by atoms with van der Waals surface area (Å²) in [6.45, 7) is 1.37. The number of alkyl halides is 1. The minimum absolute atomic E-state index is 0.00250. The van der Waals surface area contributed by atoms with Crippen molar-refractivity contribution in [3.63, 3.8) is 0 Å². The Morgan fingerprint density at radius 2 is 1.82 bits per heavy atom. The lowest BCUT2D eigenvalue weighted by Crippen LogP contribution is -2.57. The summed E-state index contributed by atoms with van der Waals surface area (Å²) in [5.74, 6) is -0.0499. The van der Waals surface area contributed by atoms with E-state index in [1.165, 1.54) is 6.92 Å². The van der Waals surface area contributed by atoms with Crippen LogP contribution >= 0.6 is 11.6 Å². The maximum absolute atomic E-state index is 13.4. The highest BCUT2D eigenvalue weighted by Gasteiger charge is 2.47. The number of benzene rings is 1. The molecule has 8 nitrogen and oxygen atoms in total. The maximum atomic E-state index is 13.4. The summed E-state index contributed by atoms with van der Waals surface area (Å²) in [4.78, 5) is 50.7. The van der Waals surface area contributed by atoms with Crippen LogP contribution in [0.5, 0.6) is 0 Å². The predicted molar refractivity (Wildman–Crippen MR) is 120 cm³/mol. The van der Waals surface area contributed by atoms with E-state index in [1.54, 1.807) is 24.3 Å². The molecule has 0 saturated heterocycles. The van der Waals surface area contributed by atoms with Gasteiger partial charge in [0.15, 0.2) is 23.6 Å². The van der Waals surface area contributed by atoms with Crippen molar-refractivity contribution in [1.82, 2.24) is 5.32 Å². The first-order valence-corrected chi connectivity index (χ1v) is 11.7. The topological polar surface area (TPSA) is 125 Å². The SMILES string of the molecule is CC(=O)[C@H]1CC2=C(C(=O)c3ccccc3C2=O)[C@H](OC2(NC(N)=O)CCC(CCCl)CC2)O1. The molecule has 0 unspecified atom stereocenters. The van der Waals surface area contributed by atoms with E-state index in [1.807, 2.05) is 0 Å². The molecule has 0 radical (unpaired) electrons. The van der Waals surface area contributed by atoms with E-state index in [0.29, 0.717) is 30.2 Å². The van der Waals surface area contributed by atoms with Gasteiger partial charge in [0.2, 0.25) is 0 Å². The Kier molecular flexibility index (Phi) is 6.70. The molecule has 1 aliphatic heterocycles. The van der Waals surface area contributed by atoms with Gasteiger partial charge < -0.3 is 20.5 Å². The number of rotatable bonds is 6. The van der Waals surface area contributed by atoms with Crippen LogP contribution in [0.25, 0.3) is 0 Å². The second-order valence-electron chi connectivity index (χ2n) is 8.89. The van der Waals surface area contributed by atoms with Crippen LogP contribution in [-0.2, 0) is 14.3 Å². The third kappa shape index (κ3) is 4.60. The Morgan fingerprint density at radius 3 is 2.39 bits per heavy atom. The molecule has 1 aromatic carbocycles. The summed E-state index contributed by atoms with van der Waals surface area (Å²) in [6, 6.07) is 5.79. The van der Waals surface area contributed by atoms with Crippen molar-refractivity contribution in [1.29, 1.82) is 0 Å². The van der Waals surface area contributed by atoms with Crippen LogP contribution in [0.2, 0.25) is 0 Å². The Labute approximate surface area is 196 Å². The Hall–Kier alpha value is -2.55. The zero-order valence-electron chi connectivity index (χ0n) is 18.4. The van der Waals surface area contributed by atoms with Gasteiger partial charge in [-0.05, 0) is 44.9 Å². The second-order valence-corrected chi connectivity index (χ2v) is 9.27. The molecule has 1 fully saturated rings. The van der Waals surface area contributed by atoms with E-state index in [2.05, 4.69) is 5.32 Å². The van der Waals surface area contributed by atoms with Gasteiger partial charge in [-0.3, -0.25) is 14.4 Å². The van der Waals surface area contributed by atoms with E-state index in [0.717, 1.165) is 19.3 Å². The van der Waals surface area contributed by atoms with Gasteiger partial charge >= 0.3 is 6.03 Å². The molecular weight excluding hydrogens is 448 g/mol. The monoisotopic (exact) mass is 474 g/mol. The molecule has 9 heteroatoms. The number of carbonyl (C=O) groups excluding carboxylic acids is 4. The molecule has 3 aliphatic rings. The first-order valence-electron chi connectivity index (χ1n) is 11.1. The van der Waals surface area contributed by atoms with Crippen LogP contribution in [0.4, 0.5) is 4.79 Å². The highest BCUT2D eigenvalue weighted by Crippen LogP contribution is 2.41. The van der Waals surface area contributed by atoms with E-state index >= 15 is 0 Å². The number of nitrogens with two attached hydrogens (primary N) is 1. The van der Waals surface area contributed by atoms with Gasteiger partial charge in [-0.25, -0.2) is 4.79 Å². The second kappa shape index (κ2) is 9.37. The Morgan fingerprint density at radius 1 is 1.18 bits per heavy atom. The van der Waals surface area contributed by atoms with Crippen LogP contribution in [0.15, 0.2) is 35.4 Å². The summed E-state index contributed by atoms with van der Waals surface area (Å²) < 4.78 is 12.2. The van der Waals surface area contributed by atoms with Crippen molar-refractivity contribution < 1.29 is 28.7 Å². The number of hydrogen-bond donors (Lipinski definition) is 2. The lowest BCUT2D eigenvalue weighted by Gasteiger charge is -2.44. The Bertz CT molecular complexity index is 1030. The fraction of sp³-hybridized carbons (Fsp3) is 0.500. The largest absolute Gasteiger partial charge is 0.352 e. The molecule has 0 spiro atoms. The summed E-state index contributed by atoms with van der Waals surface area (Å²) in [5, 5.41) is 2.69. The standard InChI is InChI=1S/C24H27ClN2O6/c1-13(28)18-12-17-19(21(30)16-5-3-2-4-15(16)20(17)29)22(32-18)33-24(27-23(26)31)9-6-14(7-10-24)8-11-25/h2-5,14,18,22H,6-12H2,1H3,(H3,26,27,31)/t14?,18-,22+,24?/m1/s1. The molecule has 33 heavy (non-hydrogen) atoms. The van der Waals surface area contributed by atoms with Crippen molar-refractivity contribution in [2.45, 2.75) is 63.6 Å². The average molecular weight is 475 g/mol. The van der Waals surface area contributed by atoms with Crippen molar-refractivity contribution in [2.75, 3.05) is 5.88 Å². The molecule has 1 heterocycles. The van der Waals surface area contributed by atoms with Gasteiger partial charge in [0.05, 0.1) is 5.57 Å². The zero-order chi connectivity index (χ0) is 23.8. The summed E-state index contributed by atoms with van der Waals surface area (Å²) in [6.07, 6.45) is 0.955. The zero-order valence-corrected chi connectivity index (χ0v) is 19.2. The number of hydrogen-bond acceptors (Lipinski definition) is 6. The molecule has 2 amide bonds. The minimum Gasteiger partial charge on any atom is -0.352 e. The quantitative estimate of drug-likeness (QED) is 0.481. The lowest BCUT2D eigenvalue weighted by atomic mass is 9.79. The molecule has 1 aromatic rings. The number of fused-ring (bicyclic) bond motifs is 1. The lowest BCUT2D eigenvalue weighted by molar-refractivity contribution is -0.229. The van der Waals surface area contributed by atoms with Crippen molar-refractivity contribution in [2.24, 2.45) is 11.7 Å². The first-order chi connectivity index (χ1) is 15.7. The average Bonchev–Trinajstić information content (AvgIpc) is 2.78. The first kappa shape index (κ1) is 23.6. The minimum atomic E-state index is -1.29. The van der Waals surface area contributed by atoms with Gasteiger partial charge in [-0.15, -0.1) is 11.6 Å². The van der Waals surface area contributed by atoms with E-state index in [-0.39, 0.29) is 40.5 Å². The molecule has 0 aromatic heterocycles. The molecule has 2 aliphatic carbocycles. The normalized spacial score (nSPS) is 29.3. The van der Waals surface area contributed by atoms with Crippen LogP contribution in [0, 0.1) is 5.92 Å². The van der Waals surface area contributed by atoms with Gasteiger partial charge in [0.25, 0.3) is 0 Å². The summed E-state index contributed by atoms with van der Waals surface area (Å²) >= 11 is 5.89. The van der Waals surface area contributed by atoms with E-state index in [4.69, 9.17) is 26.8 Å². The van der Waals surface area contributed by atoms with Gasteiger partial charge in [-0.2, -0.15) is 0 Å². The molecule has 3 N–H and O–H groups in total. The molecule has 176 valence electrons. The van der Waals surface area contributed by atoms with Gasteiger partial charge in [0.1, 0.15) is 11.8 Å². The predicted octanol–water partition coefficient (Wildman–Crippen LogP) is 3.27. The number of halogens is 1. The third-order valence-electron chi connectivity index (χ3n) is 6.74. The smallest absolute Gasteiger partial charge is 0.314 e. The number of carbonyl (C=O) groups is 4. The Balaban J connectivity index is 1.71. The molecular formula is C24H27ClN2O6. The van der Waals surface area contributed by atoms with Gasteiger partial charge in [-0.1, -0.05) is 24.3 Å². The number of Topliss-reactive ketones (excluding diaryl/α,β-unsaturated/α-hetero) is 3.